The van der Waals surface area contributed by atoms with E-state index in [0.29, 0.717) is 23.5 Å². The van der Waals surface area contributed by atoms with Crippen molar-refractivity contribution in [2.24, 2.45) is 5.92 Å². The van der Waals surface area contributed by atoms with Crippen molar-refractivity contribution in [2.75, 3.05) is 12.9 Å². The second-order valence-corrected chi connectivity index (χ2v) is 7.48. The second-order valence-electron chi connectivity index (χ2n) is 5.30. The smallest absolute Gasteiger partial charge is 0.309 e. The van der Waals surface area contributed by atoms with Crippen molar-refractivity contribution in [1.29, 1.82) is 0 Å². The first-order valence-electron chi connectivity index (χ1n) is 6.68. The van der Waals surface area contributed by atoms with Crippen LogP contribution in [0.15, 0.2) is 24.3 Å². The summed E-state index contributed by atoms with van der Waals surface area (Å²) in [6.45, 7) is 4.00. The first-order valence-corrected chi connectivity index (χ1v) is 8.50. The minimum atomic E-state index is -3.15. The summed E-state index contributed by atoms with van der Waals surface area (Å²) in [6.07, 6.45) is 0.758. The van der Waals surface area contributed by atoms with Crippen molar-refractivity contribution in [3.8, 4) is 0 Å². The fraction of sp³-hybridized carbons (Fsp3) is 0.533. The molecular formula is C15H22O4S. The van der Waals surface area contributed by atoms with E-state index in [-0.39, 0.29) is 23.9 Å². The van der Waals surface area contributed by atoms with Gasteiger partial charge in [-0.1, -0.05) is 38.1 Å². The summed E-state index contributed by atoms with van der Waals surface area (Å²) < 4.78 is 28.8. The molecule has 0 atom stereocenters. The summed E-state index contributed by atoms with van der Waals surface area (Å²) in [5, 5.41) is 0. The Kier molecular flexibility index (Phi) is 6.20. The number of rotatable bonds is 7. The second kappa shape index (κ2) is 7.43. The first-order chi connectivity index (χ1) is 9.34. The van der Waals surface area contributed by atoms with Crippen LogP contribution in [0.2, 0.25) is 0 Å². The van der Waals surface area contributed by atoms with Gasteiger partial charge in [0.15, 0.2) is 9.84 Å². The molecule has 0 aliphatic rings. The Hall–Kier alpha value is -1.36. The van der Waals surface area contributed by atoms with Crippen LogP contribution in [0.25, 0.3) is 0 Å². The quantitative estimate of drug-likeness (QED) is 0.725. The van der Waals surface area contributed by atoms with Crippen LogP contribution in [-0.2, 0) is 31.5 Å². The fourth-order valence-corrected chi connectivity index (χ4v) is 3.55. The Balaban J connectivity index is 2.84. The highest BCUT2D eigenvalue weighted by Crippen LogP contribution is 2.16. The number of carbonyl (C=O) groups excluding carboxylic acids is 1. The molecule has 0 fully saturated rings. The van der Waals surface area contributed by atoms with Gasteiger partial charge in [-0.05, 0) is 23.5 Å². The fourth-order valence-electron chi connectivity index (χ4n) is 1.82. The monoisotopic (exact) mass is 298 g/mol. The number of hydrogen-bond donors (Lipinski definition) is 0. The summed E-state index contributed by atoms with van der Waals surface area (Å²) in [4.78, 5) is 11.3. The number of ether oxygens (including phenoxy) is 1. The summed E-state index contributed by atoms with van der Waals surface area (Å²) in [7, 11) is -1.82. The molecule has 1 rings (SSSR count). The Morgan fingerprint density at radius 1 is 1.20 bits per heavy atom. The molecule has 0 radical (unpaired) electrons. The number of methoxy groups -OCH3 is 1. The van der Waals surface area contributed by atoms with Crippen LogP contribution in [0, 0.1) is 5.92 Å². The molecule has 0 aliphatic heterocycles. The Bertz CT molecular complexity index is 547. The molecular weight excluding hydrogens is 276 g/mol. The average Bonchev–Trinajstić information content (AvgIpc) is 2.38. The van der Waals surface area contributed by atoms with Crippen LogP contribution in [-0.4, -0.2) is 27.2 Å². The molecule has 0 unspecified atom stereocenters. The van der Waals surface area contributed by atoms with Crippen molar-refractivity contribution < 1.29 is 17.9 Å². The lowest BCUT2D eigenvalue weighted by atomic mass is 10.1. The van der Waals surface area contributed by atoms with Crippen LogP contribution in [0.4, 0.5) is 0 Å². The van der Waals surface area contributed by atoms with Crippen molar-refractivity contribution >= 4 is 15.8 Å². The normalized spacial score (nSPS) is 11.6. The molecule has 0 saturated carbocycles. The zero-order valence-corrected chi connectivity index (χ0v) is 13.1. The maximum atomic E-state index is 12.1. The first kappa shape index (κ1) is 16.7. The van der Waals surface area contributed by atoms with E-state index in [4.69, 9.17) is 0 Å². The zero-order valence-electron chi connectivity index (χ0n) is 12.3. The van der Waals surface area contributed by atoms with Gasteiger partial charge in [-0.25, -0.2) is 8.42 Å². The molecule has 1 aromatic carbocycles. The summed E-state index contributed by atoms with van der Waals surface area (Å²) in [5.74, 6) is 0.150. The van der Waals surface area contributed by atoms with Gasteiger partial charge in [0.1, 0.15) is 0 Å². The van der Waals surface area contributed by atoms with E-state index >= 15 is 0 Å². The van der Waals surface area contributed by atoms with Gasteiger partial charge in [0.25, 0.3) is 0 Å². The molecule has 0 spiro atoms. The van der Waals surface area contributed by atoms with Gasteiger partial charge in [-0.3, -0.25) is 4.79 Å². The van der Waals surface area contributed by atoms with Crippen LogP contribution in [0.3, 0.4) is 0 Å². The minimum Gasteiger partial charge on any atom is -0.469 e. The third-order valence-corrected chi connectivity index (χ3v) is 4.67. The van der Waals surface area contributed by atoms with Gasteiger partial charge in [0.05, 0.1) is 25.0 Å². The van der Waals surface area contributed by atoms with Crippen molar-refractivity contribution in [2.45, 2.75) is 32.4 Å². The van der Waals surface area contributed by atoms with E-state index in [1.54, 1.807) is 24.3 Å². The van der Waals surface area contributed by atoms with Crippen LogP contribution < -0.4 is 0 Å². The Morgan fingerprint density at radius 2 is 1.80 bits per heavy atom. The Morgan fingerprint density at radius 3 is 2.35 bits per heavy atom. The van der Waals surface area contributed by atoms with E-state index in [1.165, 1.54) is 7.11 Å². The number of sulfone groups is 1. The van der Waals surface area contributed by atoms with Gasteiger partial charge < -0.3 is 4.74 Å². The van der Waals surface area contributed by atoms with Crippen LogP contribution in [0.5, 0.6) is 0 Å². The molecule has 4 nitrogen and oxygen atoms in total. The van der Waals surface area contributed by atoms with Crippen LogP contribution >= 0.6 is 0 Å². The summed E-state index contributed by atoms with van der Waals surface area (Å²) >= 11 is 0. The van der Waals surface area contributed by atoms with E-state index in [1.807, 2.05) is 13.8 Å². The third-order valence-electron chi connectivity index (χ3n) is 3.06. The maximum absolute atomic E-state index is 12.1. The van der Waals surface area contributed by atoms with Gasteiger partial charge in [-0.2, -0.15) is 0 Å². The lowest BCUT2D eigenvalue weighted by molar-refractivity contribution is -0.139. The molecule has 5 heteroatoms. The predicted octanol–water partition coefficient (Wildman–Crippen LogP) is 2.36. The number of hydrogen-bond acceptors (Lipinski definition) is 4. The number of carbonyl (C=O) groups is 1. The molecule has 0 saturated heterocycles. The highest BCUT2D eigenvalue weighted by Gasteiger charge is 2.16. The molecule has 0 N–H and O–H groups in total. The molecule has 112 valence electrons. The van der Waals surface area contributed by atoms with E-state index in [0.717, 1.165) is 0 Å². The standard InChI is InChI=1S/C15H22O4S/c1-12(2)8-9-20(17,18)11-14-7-5-4-6-13(14)10-15(16)19-3/h4-7,12H,8-11H2,1-3H3. The van der Waals surface area contributed by atoms with Crippen molar-refractivity contribution in [1.82, 2.24) is 0 Å². The van der Waals surface area contributed by atoms with Crippen molar-refractivity contribution in [3.63, 3.8) is 0 Å². The Labute approximate surface area is 121 Å². The van der Waals surface area contributed by atoms with Gasteiger partial charge in [-0.15, -0.1) is 0 Å². The molecule has 0 heterocycles. The van der Waals surface area contributed by atoms with Crippen LogP contribution in [0.1, 0.15) is 31.4 Å². The topological polar surface area (TPSA) is 60.4 Å². The molecule has 1 aromatic rings. The highest BCUT2D eigenvalue weighted by atomic mass is 32.2. The lowest BCUT2D eigenvalue weighted by Gasteiger charge is -2.10. The highest BCUT2D eigenvalue weighted by molar-refractivity contribution is 7.90. The minimum absolute atomic E-state index is 0.0209. The number of esters is 1. The summed E-state index contributed by atoms with van der Waals surface area (Å²) in [5.41, 5.74) is 1.40. The maximum Gasteiger partial charge on any atom is 0.309 e. The van der Waals surface area contributed by atoms with E-state index in [9.17, 15) is 13.2 Å². The van der Waals surface area contributed by atoms with Gasteiger partial charge >= 0.3 is 5.97 Å². The molecule has 20 heavy (non-hydrogen) atoms. The summed E-state index contributed by atoms with van der Waals surface area (Å²) in [6, 6.07) is 7.10. The predicted molar refractivity (Wildman–Crippen MR) is 79.1 cm³/mol. The molecule has 0 aliphatic carbocycles. The molecule has 0 aromatic heterocycles. The average molecular weight is 298 g/mol. The van der Waals surface area contributed by atoms with Gasteiger partial charge in [0.2, 0.25) is 0 Å². The third kappa shape index (κ3) is 5.74. The zero-order chi connectivity index (χ0) is 15.2. The molecule has 0 amide bonds. The SMILES string of the molecule is COC(=O)Cc1ccccc1CS(=O)(=O)CCC(C)C. The molecule has 0 bridgehead atoms. The van der Waals surface area contributed by atoms with E-state index in [2.05, 4.69) is 4.74 Å². The van der Waals surface area contributed by atoms with E-state index < -0.39 is 9.84 Å². The largest absolute Gasteiger partial charge is 0.469 e. The number of benzene rings is 1. The lowest BCUT2D eigenvalue weighted by Crippen LogP contribution is -2.14. The van der Waals surface area contributed by atoms with Crippen molar-refractivity contribution in [3.05, 3.63) is 35.4 Å². The van der Waals surface area contributed by atoms with Gasteiger partial charge in [0, 0.05) is 0 Å².